The predicted molar refractivity (Wildman–Crippen MR) is 59.5 cm³/mol. The van der Waals surface area contributed by atoms with Crippen molar-refractivity contribution in [2.24, 2.45) is 7.05 Å². The van der Waals surface area contributed by atoms with Gasteiger partial charge in [0.05, 0.1) is 16.9 Å². The van der Waals surface area contributed by atoms with E-state index in [1.807, 2.05) is 11.4 Å². The highest BCUT2D eigenvalue weighted by atomic mass is 79.9. The molecule has 2 aromatic rings. The topological polar surface area (TPSA) is 63.8 Å². The summed E-state index contributed by atoms with van der Waals surface area (Å²) in [5.74, 6) is 0.548. The first-order valence-electron chi connectivity index (χ1n) is 4.30. The van der Waals surface area contributed by atoms with Crippen LogP contribution in [0.1, 0.15) is 17.5 Å². The SMILES string of the molecule is Cn1nnc(CC(O)c2csc(Br)c2)n1. The highest BCUT2D eigenvalue weighted by Crippen LogP contribution is 2.26. The standard InChI is InChI=1S/C8H9BrN4OS/c1-13-11-8(10-12-13)3-6(14)5-2-7(9)15-4-5/h2,4,6,14H,3H2,1H3. The third-order valence-corrected chi connectivity index (χ3v) is 3.42. The van der Waals surface area contributed by atoms with E-state index in [4.69, 9.17) is 0 Å². The quantitative estimate of drug-likeness (QED) is 0.925. The highest BCUT2D eigenvalue weighted by Gasteiger charge is 2.13. The second-order valence-corrected chi connectivity index (χ2v) is 5.39. The Kier molecular flexibility index (Phi) is 3.13. The van der Waals surface area contributed by atoms with E-state index in [1.54, 1.807) is 18.4 Å². The zero-order valence-corrected chi connectivity index (χ0v) is 10.4. The van der Waals surface area contributed by atoms with Crippen molar-refractivity contribution in [3.63, 3.8) is 0 Å². The molecular weight excluding hydrogens is 280 g/mol. The van der Waals surface area contributed by atoms with E-state index in [9.17, 15) is 5.11 Å². The second-order valence-electron chi connectivity index (χ2n) is 3.10. The molecule has 0 aromatic carbocycles. The fourth-order valence-electron chi connectivity index (χ4n) is 1.19. The van der Waals surface area contributed by atoms with Gasteiger partial charge in [-0.1, -0.05) is 0 Å². The maximum atomic E-state index is 9.87. The lowest BCUT2D eigenvalue weighted by Crippen LogP contribution is -2.02. The molecule has 0 radical (unpaired) electrons. The lowest BCUT2D eigenvalue weighted by Gasteiger charge is -2.04. The molecule has 15 heavy (non-hydrogen) atoms. The van der Waals surface area contributed by atoms with E-state index in [0.717, 1.165) is 9.35 Å². The van der Waals surface area contributed by atoms with Crippen LogP contribution in [0.4, 0.5) is 0 Å². The Bertz CT molecular complexity index is 455. The summed E-state index contributed by atoms with van der Waals surface area (Å²) < 4.78 is 1.00. The summed E-state index contributed by atoms with van der Waals surface area (Å²) in [5, 5.41) is 23.3. The van der Waals surface area contributed by atoms with E-state index in [2.05, 4.69) is 31.3 Å². The Labute approximate surface area is 98.9 Å². The van der Waals surface area contributed by atoms with Crippen LogP contribution in [-0.2, 0) is 13.5 Å². The van der Waals surface area contributed by atoms with E-state index in [1.165, 1.54) is 4.80 Å². The van der Waals surface area contributed by atoms with Crippen LogP contribution < -0.4 is 0 Å². The minimum absolute atomic E-state index is 0.386. The van der Waals surface area contributed by atoms with Crippen molar-refractivity contribution in [2.75, 3.05) is 0 Å². The number of aromatic nitrogens is 4. The smallest absolute Gasteiger partial charge is 0.177 e. The molecule has 1 unspecified atom stereocenters. The maximum Gasteiger partial charge on any atom is 0.177 e. The van der Waals surface area contributed by atoms with Gasteiger partial charge < -0.3 is 5.11 Å². The van der Waals surface area contributed by atoms with Crippen molar-refractivity contribution in [3.8, 4) is 0 Å². The summed E-state index contributed by atoms with van der Waals surface area (Å²) >= 11 is 4.89. The molecule has 2 aromatic heterocycles. The normalized spacial score (nSPS) is 13.0. The van der Waals surface area contributed by atoms with Crippen LogP contribution in [0.5, 0.6) is 0 Å². The number of tetrazole rings is 1. The van der Waals surface area contributed by atoms with Gasteiger partial charge in [-0.25, -0.2) is 0 Å². The molecule has 0 aliphatic rings. The first-order valence-corrected chi connectivity index (χ1v) is 5.97. The molecule has 2 rings (SSSR count). The Hall–Kier alpha value is -0.790. The first-order chi connectivity index (χ1) is 7.15. The third-order valence-electron chi connectivity index (χ3n) is 1.90. The van der Waals surface area contributed by atoms with Gasteiger partial charge in [-0.05, 0) is 38.2 Å². The Morgan fingerprint density at radius 1 is 1.67 bits per heavy atom. The average Bonchev–Trinajstić information content (AvgIpc) is 2.75. The number of aliphatic hydroxyl groups excluding tert-OH is 1. The molecule has 0 aliphatic heterocycles. The zero-order chi connectivity index (χ0) is 10.8. The number of aliphatic hydroxyl groups is 1. The molecule has 0 amide bonds. The fourth-order valence-corrected chi connectivity index (χ4v) is 2.42. The minimum Gasteiger partial charge on any atom is -0.388 e. The number of rotatable bonds is 3. The van der Waals surface area contributed by atoms with Crippen LogP contribution in [0.25, 0.3) is 0 Å². The minimum atomic E-state index is -0.572. The predicted octanol–water partition coefficient (Wildman–Crippen LogP) is 1.31. The molecule has 0 saturated carbocycles. The van der Waals surface area contributed by atoms with Crippen molar-refractivity contribution in [2.45, 2.75) is 12.5 Å². The van der Waals surface area contributed by atoms with Crippen molar-refractivity contribution < 1.29 is 5.11 Å². The molecule has 0 bridgehead atoms. The molecule has 0 saturated heterocycles. The van der Waals surface area contributed by atoms with Crippen LogP contribution in [0, 0.1) is 0 Å². The third kappa shape index (κ3) is 2.61. The van der Waals surface area contributed by atoms with Gasteiger partial charge in [0.2, 0.25) is 0 Å². The van der Waals surface area contributed by atoms with Gasteiger partial charge in [0, 0.05) is 6.42 Å². The van der Waals surface area contributed by atoms with Crippen molar-refractivity contribution in [1.29, 1.82) is 0 Å². The van der Waals surface area contributed by atoms with E-state index < -0.39 is 6.10 Å². The number of thiophene rings is 1. The van der Waals surface area contributed by atoms with Crippen molar-refractivity contribution in [3.05, 3.63) is 26.6 Å². The molecule has 80 valence electrons. The second kappa shape index (κ2) is 4.38. The molecule has 5 nitrogen and oxygen atoms in total. The number of nitrogens with zero attached hydrogens (tertiary/aromatic N) is 4. The number of aryl methyl sites for hydroxylation is 1. The number of hydrogen-bond donors (Lipinski definition) is 1. The zero-order valence-electron chi connectivity index (χ0n) is 7.96. The molecule has 7 heteroatoms. The molecule has 0 aliphatic carbocycles. The van der Waals surface area contributed by atoms with Gasteiger partial charge in [-0.15, -0.1) is 21.5 Å². The van der Waals surface area contributed by atoms with Crippen LogP contribution in [0.2, 0.25) is 0 Å². The summed E-state index contributed by atoms with van der Waals surface area (Å²) in [6.45, 7) is 0. The van der Waals surface area contributed by atoms with Crippen molar-refractivity contribution >= 4 is 27.3 Å². The van der Waals surface area contributed by atoms with Crippen LogP contribution >= 0.6 is 27.3 Å². The molecule has 0 fully saturated rings. The highest BCUT2D eigenvalue weighted by molar-refractivity contribution is 9.11. The van der Waals surface area contributed by atoms with Gasteiger partial charge in [0.1, 0.15) is 0 Å². The average molecular weight is 289 g/mol. The molecule has 0 spiro atoms. The van der Waals surface area contributed by atoms with E-state index >= 15 is 0 Å². The molecule has 1 atom stereocenters. The molecule has 1 N–H and O–H groups in total. The van der Waals surface area contributed by atoms with Gasteiger partial charge in [0.25, 0.3) is 0 Å². The summed E-state index contributed by atoms with van der Waals surface area (Å²) in [6, 6.07) is 1.89. The van der Waals surface area contributed by atoms with Crippen molar-refractivity contribution in [1.82, 2.24) is 20.2 Å². The van der Waals surface area contributed by atoms with Crippen LogP contribution in [0.15, 0.2) is 15.2 Å². The summed E-state index contributed by atoms with van der Waals surface area (Å²) in [6.07, 6.45) is -0.187. The van der Waals surface area contributed by atoms with E-state index in [-0.39, 0.29) is 0 Å². The number of halogens is 1. The van der Waals surface area contributed by atoms with Crippen LogP contribution in [0.3, 0.4) is 0 Å². The molecule has 2 heterocycles. The van der Waals surface area contributed by atoms with Crippen LogP contribution in [-0.4, -0.2) is 25.3 Å². The Balaban J connectivity index is 2.06. The first kappa shape index (κ1) is 10.7. The lowest BCUT2D eigenvalue weighted by atomic mass is 10.1. The maximum absolute atomic E-state index is 9.87. The molecular formula is C8H9BrN4OS. The van der Waals surface area contributed by atoms with Gasteiger partial charge in [-0.3, -0.25) is 0 Å². The fraction of sp³-hybridized carbons (Fsp3) is 0.375. The van der Waals surface area contributed by atoms with Gasteiger partial charge >= 0.3 is 0 Å². The lowest BCUT2D eigenvalue weighted by molar-refractivity contribution is 0.176. The van der Waals surface area contributed by atoms with Gasteiger partial charge in [0.15, 0.2) is 5.82 Å². The largest absolute Gasteiger partial charge is 0.388 e. The van der Waals surface area contributed by atoms with E-state index in [0.29, 0.717) is 12.2 Å². The number of hydrogen-bond acceptors (Lipinski definition) is 5. The Morgan fingerprint density at radius 2 is 2.47 bits per heavy atom. The Morgan fingerprint density at radius 3 is 3.00 bits per heavy atom. The van der Waals surface area contributed by atoms with Gasteiger partial charge in [-0.2, -0.15) is 4.80 Å². The monoisotopic (exact) mass is 288 g/mol. The summed E-state index contributed by atoms with van der Waals surface area (Å²) in [4.78, 5) is 1.38. The summed E-state index contributed by atoms with van der Waals surface area (Å²) in [7, 11) is 1.70. The summed E-state index contributed by atoms with van der Waals surface area (Å²) in [5.41, 5.74) is 0.874.